The molecule has 0 atom stereocenters. The summed E-state index contributed by atoms with van der Waals surface area (Å²) in [6.45, 7) is 0.197. The van der Waals surface area contributed by atoms with E-state index in [0.717, 1.165) is 5.56 Å². The summed E-state index contributed by atoms with van der Waals surface area (Å²) >= 11 is 0. The van der Waals surface area contributed by atoms with E-state index in [-0.39, 0.29) is 23.4 Å². The van der Waals surface area contributed by atoms with Crippen LogP contribution in [0.25, 0.3) is 39.0 Å². The van der Waals surface area contributed by atoms with Crippen molar-refractivity contribution in [2.24, 2.45) is 0 Å². The smallest absolute Gasteiger partial charge is 0.356 e. The van der Waals surface area contributed by atoms with Gasteiger partial charge in [-0.2, -0.15) is 10.4 Å². The molecule has 3 N–H and O–H groups in total. The number of nitrogens with one attached hydrogen (secondary N) is 2. The van der Waals surface area contributed by atoms with E-state index in [4.69, 9.17) is 5.26 Å². The number of imidazole rings is 1. The first kappa shape index (κ1) is 21.9. The quantitative estimate of drug-likeness (QED) is 0.332. The highest BCUT2D eigenvalue weighted by molar-refractivity contribution is 5.88. The van der Waals surface area contributed by atoms with Crippen LogP contribution in [0.1, 0.15) is 21.6 Å². The van der Waals surface area contributed by atoms with Gasteiger partial charge in [0.25, 0.3) is 0 Å². The molecule has 0 aliphatic carbocycles. The van der Waals surface area contributed by atoms with Crippen LogP contribution >= 0.6 is 0 Å². The molecule has 3 heterocycles. The SMILES string of the molecule is N#Cc1ccc(Cn2nc(C(=O)O)cc2-c2cc(F)c3nnn(-c4ccc5[nH]c(=O)[nH]c5c4)c3c2)cc1. The second-order valence-electron chi connectivity index (χ2n) is 8.32. The Balaban J connectivity index is 1.48. The van der Waals surface area contributed by atoms with Crippen LogP contribution in [0.3, 0.4) is 0 Å². The molecule has 6 rings (SSSR count). The van der Waals surface area contributed by atoms with Crippen LogP contribution in [0.4, 0.5) is 4.39 Å². The third kappa shape index (κ3) is 3.80. The van der Waals surface area contributed by atoms with Crippen molar-refractivity contribution in [3.8, 4) is 23.0 Å². The molecule has 0 bridgehead atoms. The van der Waals surface area contributed by atoms with Crippen molar-refractivity contribution >= 4 is 28.0 Å². The Morgan fingerprint density at radius 1 is 1.05 bits per heavy atom. The Hall–Kier alpha value is -5.57. The summed E-state index contributed by atoms with van der Waals surface area (Å²) in [6.07, 6.45) is 0. The van der Waals surface area contributed by atoms with Crippen LogP contribution in [-0.4, -0.2) is 45.8 Å². The number of carbonyl (C=O) groups is 1. The van der Waals surface area contributed by atoms with Crippen LogP contribution in [0.2, 0.25) is 0 Å². The Bertz CT molecular complexity index is 1940. The van der Waals surface area contributed by atoms with E-state index in [2.05, 4.69) is 25.4 Å². The molecule has 0 amide bonds. The summed E-state index contributed by atoms with van der Waals surface area (Å²) in [5.41, 5.74) is 3.54. The summed E-state index contributed by atoms with van der Waals surface area (Å²) in [6, 6.07) is 18.2. The molecule has 37 heavy (non-hydrogen) atoms. The zero-order chi connectivity index (χ0) is 25.7. The third-order valence-electron chi connectivity index (χ3n) is 5.96. The molecule has 0 fully saturated rings. The van der Waals surface area contributed by atoms with E-state index in [1.54, 1.807) is 48.5 Å². The van der Waals surface area contributed by atoms with Crippen molar-refractivity contribution in [2.45, 2.75) is 6.54 Å². The first-order valence-corrected chi connectivity index (χ1v) is 11.0. The Labute approximate surface area is 206 Å². The van der Waals surface area contributed by atoms with Gasteiger partial charge in [0.1, 0.15) is 5.52 Å². The number of hydrogen-bond acceptors (Lipinski definition) is 6. The number of carboxylic acid groups (broad SMARTS) is 1. The van der Waals surface area contributed by atoms with Gasteiger partial charge in [-0.05, 0) is 54.1 Å². The van der Waals surface area contributed by atoms with E-state index in [1.807, 2.05) is 6.07 Å². The fourth-order valence-electron chi connectivity index (χ4n) is 4.21. The standard InChI is InChI=1S/C25H15FN8O3/c26-17-7-15(21-10-20(24(35)36)31-33(21)12-14-3-1-13(11-27)2-4-14)8-22-23(17)30-32-34(22)16-5-6-18-19(9-16)29-25(37)28-18/h1-10H,12H2,(H,35,36)(H2,28,29,37). The van der Waals surface area contributed by atoms with Gasteiger partial charge in [0.2, 0.25) is 0 Å². The van der Waals surface area contributed by atoms with Gasteiger partial charge in [-0.15, -0.1) is 5.10 Å². The third-order valence-corrected chi connectivity index (χ3v) is 5.96. The number of carboxylic acids is 1. The maximum atomic E-state index is 15.2. The highest BCUT2D eigenvalue weighted by Crippen LogP contribution is 2.29. The Kier molecular flexibility index (Phi) is 4.91. The summed E-state index contributed by atoms with van der Waals surface area (Å²) < 4.78 is 18.1. The minimum Gasteiger partial charge on any atom is -0.476 e. The number of halogens is 1. The minimum absolute atomic E-state index is 0.0306. The van der Waals surface area contributed by atoms with Gasteiger partial charge < -0.3 is 15.1 Å². The minimum atomic E-state index is -1.22. The molecule has 12 heteroatoms. The molecule has 0 radical (unpaired) electrons. The van der Waals surface area contributed by atoms with Crippen LogP contribution in [0.15, 0.2) is 65.5 Å². The highest BCUT2D eigenvalue weighted by Gasteiger charge is 2.19. The second kappa shape index (κ2) is 8.28. The molecular formula is C25H15FN8O3. The van der Waals surface area contributed by atoms with E-state index in [9.17, 15) is 14.7 Å². The fraction of sp³-hybridized carbons (Fsp3) is 0.0400. The topological polar surface area (TPSA) is 158 Å². The van der Waals surface area contributed by atoms with Crippen LogP contribution in [-0.2, 0) is 6.54 Å². The van der Waals surface area contributed by atoms with Crippen molar-refractivity contribution in [3.05, 3.63) is 93.8 Å². The summed E-state index contributed by atoms with van der Waals surface area (Å²) in [7, 11) is 0. The number of aromatic amines is 2. The van der Waals surface area contributed by atoms with Crippen molar-refractivity contribution < 1.29 is 14.3 Å². The molecule has 11 nitrogen and oxygen atoms in total. The second-order valence-corrected chi connectivity index (χ2v) is 8.32. The number of H-pyrrole nitrogens is 2. The zero-order valence-electron chi connectivity index (χ0n) is 18.8. The molecule has 0 unspecified atom stereocenters. The summed E-state index contributed by atoms with van der Waals surface area (Å²) in [4.78, 5) is 28.7. The van der Waals surface area contributed by atoms with Gasteiger partial charge >= 0.3 is 11.7 Å². The van der Waals surface area contributed by atoms with Gasteiger partial charge in [0, 0.05) is 5.56 Å². The number of hydrogen-bond donors (Lipinski definition) is 3. The van der Waals surface area contributed by atoms with Crippen molar-refractivity contribution in [1.29, 1.82) is 5.26 Å². The Morgan fingerprint density at radius 3 is 2.59 bits per heavy atom. The van der Waals surface area contributed by atoms with Crippen LogP contribution in [0, 0.1) is 17.1 Å². The zero-order valence-corrected chi connectivity index (χ0v) is 18.8. The molecule has 3 aromatic carbocycles. The molecule has 0 saturated heterocycles. The van der Waals surface area contributed by atoms with Gasteiger partial charge in [-0.3, -0.25) is 4.68 Å². The van der Waals surface area contributed by atoms with E-state index < -0.39 is 11.8 Å². The van der Waals surface area contributed by atoms with Gasteiger partial charge in [-0.1, -0.05) is 17.3 Å². The molecule has 3 aromatic heterocycles. The summed E-state index contributed by atoms with van der Waals surface area (Å²) in [5, 5.41) is 30.8. The first-order valence-electron chi connectivity index (χ1n) is 11.0. The number of nitriles is 1. The lowest BCUT2D eigenvalue weighted by Gasteiger charge is -2.09. The summed E-state index contributed by atoms with van der Waals surface area (Å²) in [5.74, 6) is -1.86. The van der Waals surface area contributed by atoms with Crippen LogP contribution in [0.5, 0.6) is 0 Å². The average molecular weight is 494 g/mol. The van der Waals surface area contributed by atoms with Crippen molar-refractivity contribution in [3.63, 3.8) is 0 Å². The van der Waals surface area contributed by atoms with E-state index in [0.29, 0.717) is 39.1 Å². The van der Waals surface area contributed by atoms with Gasteiger partial charge in [0.15, 0.2) is 11.5 Å². The number of rotatable bonds is 5. The molecular weight excluding hydrogens is 479 g/mol. The number of aromatic carboxylic acids is 1. The lowest BCUT2D eigenvalue weighted by Crippen LogP contribution is -2.06. The monoisotopic (exact) mass is 494 g/mol. The highest BCUT2D eigenvalue weighted by atomic mass is 19.1. The van der Waals surface area contributed by atoms with Gasteiger partial charge in [-0.25, -0.2) is 18.7 Å². The number of nitrogens with zero attached hydrogens (tertiary/aromatic N) is 6. The largest absolute Gasteiger partial charge is 0.476 e. The predicted octanol–water partition coefficient (Wildman–Crippen LogP) is 3.21. The van der Waals surface area contributed by atoms with Crippen molar-refractivity contribution in [2.75, 3.05) is 0 Å². The lowest BCUT2D eigenvalue weighted by atomic mass is 10.1. The first-order chi connectivity index (χ1) is 17.9. The average Bonchev–Trinajstić information content (AvgIpc) is 3.60. The van der Waals surface area contributed by atoms with Gasteiger partial charge in [0.05, 0.1) is 46.1 Å². The molecule has 0 spiro atoms. The Morgan fingerprint density at radius 2 is 1.84 bits per heavy atom. The van der Waals surface area contributed by atoms with Crippen molar-refractivity contribution in [1.82, 2.24) is 34.7 Å². The maximum absolute atomic E-state index is 15.2. The number of aromatic nitrogens is 7. The number of fused-ring (bicyclic) bond motifs is 2. The normalized spacial score (nSPS) is 11.2. The predicted molar refractivity (Wildman–Crippen MR) is 130 cm³/mol. The van der Waals surface area contributed by atoms with E-state index in [1.165, 1.54) is 21.5 Å². The fourth-order valence-corrected chi connectivity index (χ4v) is 4.21. The van der Waals surface area contributed by atoms with Crippen LogP contribution < -0.4 is 5.69 Å². The molecule has 0 saturated carbocycles. The van der Waals surface area contributed by atoms with E-state index >= 15 is 4.39 Å². The molecule has 0 aliphatic rings. The molecule has 0 aliphatic heterocycles. The molecule has 6 aromatic rings. The number of benzene rings is 3. The molecule has 180 valence electrons. The lowest BCUT2D eigenvalue weighted by molar-refractivity contribution is 0.0689. The maximum Gasteiger partial charge on any atom is 0.356 e.